The molecular weight excluding hydrogens is 342 g/mol. The van der Waals surface area contributed by atoms with E-state index in [-0.39, 0.29) is 16.7 Å². The number of benzene rings is 1. The number of carbonyl (C=O) groups excluding carboxylic acids is 1. The maximum Gasteiger partial charge on any atom is 0.335 e. The Kier molecular flexibility index (Phi) is 4.10. The molecule has 2 aromatic rings. The van der Waals surface area contributed by atoms with E-state index in [4.69, 9.17) is 5.11 Å². The molecule has 2 aliphatic heterocycles. The lowest BCUT2D eigenvalue weighted by Gasteiger charge is -2.33. The van der Waals surface area contributed by atoms with Crippen LogP contribution in [-0.2, 0) is 24.2 Å². The van der Waals surface area contributed by atoms with E-state index < -0.39 is 5.97 Å². The van der Waals surface area contributed by atoms with Crippen molar-refractivity contribution in [2.75, 3.05) is 12.3 Å². The number of carboxylic acid groups (broad SMARTS) is 1. The van der Waals surface area contributed by atoms with Crippen molar-refractivity contribution >= 4 is 35.0 Å². The monoisotopic (exact) mass is 359 g/mol. The maximum absolute atomic E-state index is 13.0. The number of thioether (sulfide) groups is 1. The van der Waals surface area contributed by atoms with Crippen molar-refractivity contribution < 1.29 is 14.7 Å². The minimum atomic E-state index is -0.924. The van der Waals surface area contributed by atoms with Gasteiger partial charge in [-0.2, -0.15) is 0 Å². The molecule has 24 heavy (non-hydrogen) atoms. The summed E-state index contributed by atoms with van der Waals surface area (Å²) in [5.41, 5.74) is 3.57. The standard InChI is InChI=1S/C18H17NO3S2/c20-17(16-14-4-7-23-15(14)5-8-24-16)19-6-3-11-1-2-12(18(21)22)9-13(11)10-19/h1-2,4,7,9,16H,3,5-6,8,10H2,(H,21,22). The van der Waals surface area contributed by atoms with E-state index in [9.17, 15) is 9.59 Å². The van der Waals surface area contributed by atoms with E-state index in [2.05, 4.69) is 11.4 Å². The summed E-state index contributed by atoms with van der Waals surface area (Å²) in [6.45, 7) is 1.21. The van der Waals surface area contributed by atoms with Crippen molar-refractivity contribution in [1.82, 2.24) is 4.90 Å². The van der Waals surface area contributed by atoms with E-state index >= 15 is 0 Å². The Morgan fingerprint density at radius 2 is 2.04 bits per heavy atom. The highest BCUT2D eigenvalue weighted by Gasteiger charge is 2.32. The molecule has 1 aromatic carbocycles. The van der Waals surface area contributed by atoms with Crippen LogP contribution in [0.2, 0.25) is 0 Å². The molecule has 1 amide bonds. The molecule has 1 unspecified atom stereocenters. The van der Waals surface area contributed by atoms with Crippen LogP contribution in [0.15, 0.2) is 29.6 Å². The number of nitrogens with zero attached hydrogens (tertiary/aromatic N) is 1. The normalized spacial score (nSPS) is 19.5. The summed E-state index contributed by atoms with van der Waals surface area (Å²) in [4.78, 5) is 27.4. The van der Waals surface area contributed by atoms with E-state index in [1.54, 1.807) is 35.2 Å². The fraction of sp³-hybridized carbons (Fsp3) is 0.333. The first kappa shape index (κ1) is 15.7. The molecule has 1 atom stereocenters. The predicted molar refractivity (Wildman–Crippen MR) is 95.7 cm³/mol. The van der Waals surface area contributed by atoms with Crippen molar-refractivity contribution in [1.29, 1.82) is 0 Å². The molecule has 3 heterocycles. The van der Waals surface area contributed by atoms with Gasteiger partial charge in [0.25, 0.3) is 0 Å². The lowest BCUT2D eigenvalue weighted by Crippen LogP contribution is -2.39. The van der Waals surface area contributed by atoms with Gasteiger partial charge in [-0.1, -0.05) is 6.07 Å². The minimum absolute atomic E-state index is 0.107. The number of hydrogen-bond donors (Lipinski definition) is 1. The predicted octanol–water partition coefficient (Wildman–Crippen LogP) is 3.36. The summed E-state index contributed by atoms with van der Waals surface area (Å²) in [5.74, 6) is 0.218. The van der Waals surface area contributed by atoms with Crippen LogP contribution in [0.5, 0.6) is 0 Å². The zero-order valence-corrected chi connectivity index (χ0v) is 14.7. The van der Waals surface area contributed by atoms with Crippen LogP contribution in [0.4, 0.5) is 0 Å². The van der Waals surface area contributed by atoms with Gasteiger partial charge in [-0.3, -0.25) is 4.79 Å². The molecule has 6 heteroatoms. The summed E-state index contributed by atoms with van der Waals surface area (Å²) >= 11 is 3.46. The second-order valence-electron chi connectivity index (χ2n) is 6.10. The molecule has 1 aromatic heterocycles. The van der Waals surface area contributed by atoms with Gasteiger partial charge in [0.05, 0.1) is 5.56 Å². The zero-order valence-electron chi connectivity index (χ0n) is 13.0. The van der Waals surface area contributed by atoms with Crippen LogP contribution in [0.25, 0.3) is 0 Å². The number of amides is 1. The van der Waals surface area contributed by atoms with Crippen LogP contribution >= 0.6 is 23.1 Å². The molecule has 1 N–H and O–H groups in total. The highest BCUT2D eigenvalue weighted by atomic mass is 32.2. The Morgan fingerprint density at radius 1 is 1.17 bits per heavy atom. The molecular formula is C18H17NO3S2. The fourth-order valence-electron chi connectivity index (χ4n) is 3.39. The first-order chi connectivity index (χ1) is 11.6. The van der Waals surface area contributed by atoms with Crippen LogP contribution in [-0.4, -0.2) is 34.2 Å². The molecule has 0 spiro atoms. The Labute approximate surface area is 148 Å². The summed E-state index contributed by atoms with van der Waals surface area (Å²) in [6, 6.07) is 7.32. The number of rotatable bonds is 2. The third-order valence-electron chi connectivity index (χ3n) is 4.68. The lowest BCUT2D eigenvalue weighted by atomic mass is 9.97. The largest absolute Gasteiger partial charge is 0.478 e. The average Bonchev–Trinajstić information content (AvgIpc) is 3.08. The Bertz CT molecular complexity index is 814. The number of fused-ring (bicyclic) bond motifs is 2. The molecule has 0 saturated heterocycles. The van der Waals surface area contributed by atoms with Gasteiger partial charge in [0, 0.05) is 18.0 Å². The van der Waals surface area contributed by atoms with Gasteiger partial charge in [0.1, 0.15) is 5.25 Å². The molecule has 0 fully saturated rings. The van der Waals surface area contributed by atoms with Crippen molar-refractivity contribution in [3.63, 3.8) is 0 Å². The molecule has 4 nitrogen and oxygen atoms in total. The van der Waals surface area contributed by atoms with E-state index in [1.807, 2.05) is 11.0 Å². The Hall–Kier alpha value is -1.79. The Balaban J connectivity index is 1.58. The maximum atomic E-state index is 13.0. The third-order valence-corrected chi connectivity index (χ3v) is 6.90. The SMILES string of the molecule is O=C(O)c1ccc2c(c1)CN(C(=O)C1SCCc3sccc31)CC2. The summed E-state index contributed by atoms with van der Waals surface area (Å²) < 4.78 is 0. The molecule has 4 rings (SSSR count). The molecule has 0 aliphatic carbocycles. The summed E-state index contributed by atoms with van der Waals surface area (Å²) in [6.07, 6.45) is 1.83. The van der Waals surface area contributed by atoms with Gasteiger partial charge in [0.15, 0.2) is 0 Å². The summed E-state index contributed by atoms with van der Waals surface area (Å²) in [7, 11) is 0. The number of thiophene rings is 1. The van der Waals surface area contributed by atoms with E-state index in [0.29, 0.717) is 13.1 Å². The van der Waals surface area contributed by atoms with Gasteiger partial charge in [-0.15, -0.1) is 23.1 Å². The van der Waals surface area contributed by atoms with Crippen LogP contribution in [0.1, 0.15) is 37.2 Å². The highest BCUT2D eigenvalue weighted by molar-refractivity contribution is 8.00. The first-order valence-corrected chi connectivity index (χ1v) is 9.88. The topological polar surface area (TPSA) is 57.6 Å². The quantitative estimate of drug-likeness (QED) is 0.893. The molecule has 0 bridgehead atoms. The number of hydrogen-bond acceptors (Lipinski definition) is 4. The van der Waals surface area contributed by atoms with Crippen LogP contribution in [0, 0.1) is 0 Å². The molecule has 0 radical (unpaired) electrons. The molecule has 0 saturated carbocycles. The molecule has 124 valence electrons. The van der Waals surface area contributed by atoms with Gasteiger partial charge in [0.2, 0.25) is 5.91 Å². The Morgan fingerprint density at radius 3 is 2.88 bits per heavy atom. The molecule has 2 aliphatic rings. The van der Waals surface area contributed by atoms with E-state index in [0.717, 1.165) is 29.7 Å². The van der Waals surface area contributed by atoms with Crippen molar-refractivity contribution in [2.45, 2.75) is 24.6 Å². The minimum Gasteiger partial charge on any atom is -0.478 e. The lowest BCUT2D eigenvalue weighted by molar-refractivity contribution is -0.131. The van der Waals surface area contributed by atoms with Gasteiger partial charge in [-0.25, -0.2) is 4.79 Å². The average molecular weight is 359 g/mol. The van der Waals surface area contributed by atoms with Crippen LogP contribution < -0.4 is 0 Å². The first-order valence-electron chi connectivity index (χ1n) is 7.95. The van der Waals surface area contributed by atoms with Crippen LogP contribution in [0.3, 0.4) is 0 Å². The van der Waals surface area contributed by atoms with Gasteiger partial charge >= 0.3 is 5.97 Å². The smallest absolute Gasteiger partial charge is 0.335 e. The number of aryl methyl sites for hydroxylation is 1. The second-order valence-corrected chi connectivity index (χ2v) is 8.31. The van der Waals surface area contributed by atoms with Gasteiger partial charge < -0.3 is 10.0 Å². The zero-order chi connectivity index (χ0) is 16.7. The van der Waals surface area contributed by atoms with E-state index in [1.165, 1.54) is 10.4 Å². The number of carbonyl (C=O) groups is 2. The highest BCUT2D eigenvalue weighted by Crippen LogP contribution is 2.41. The fourth-order valence-corrected chi connectivity index (χ4v) is 5.77. The van der Waals surface area contributed by atoms with Crippen molar-refractivity contribution in [2.24, 2.45) is 0 Å². The van der Waals surface area contributed by atoms with Gasteiger partial charge in [-0.05, 0) is 58.9 Å². The third kappa shape index (κ3) is 2.74. The van der Waals surface area contributed by atoms with Crippen molar-refractivity contribution in [3.8, 4) is 0 Å². The number of carboxylic acids is 1. The second kappa shape index (κ2) is 6.26. The number of aromatic carboxylic acids is 1. The summed E-state index contributed by atoms with van der Waals surface area (Å²) in [5, 5.41) is 11.1. The van der Waals surface area contributed by atoms with Crippen molar-refractivity contribution in [3.05, 3.63) is 56.8 Å².